The third-order valence-electron chi connectivity index (χ3n) is 6.93. The zero-order valence-corrected chi connectivity index (χ0v) is 19.4. The first-order valence-electron chi connectivity index (χ1n) is 11.4. The SMILES string of the molecule is Cc1ccccc1-c1cc(C)n(C2CC3(C2)CN(C(=O)c2ccc(F)cc2OCC(F)(F)F)C3)n1. The van der Waals surface area contributed by atoms with Crippen LogP contribution in [0.25, 0.3) is 11.3 Å². The number of carbonyl (C=O) groups excluding carboxylic acids is 1. The molecule has 0 unspecified atom stereocenters. The second-order valence-corrected chi connectivity index (χ2v) is 9.70. The third kappa shape index (κ3) is 4.51. The van der Waals surface area contributed by atoms with E-state index in [2.05, 4.69) is 29.8 Å². The van der Waals surface area contributed by atoms with E-state index in [0.717, 1.165) is 47.5 Å². The molecule has 5 nitrogen and oxygen atoms in total. The van der Waals surface area contributed by atoms with Crippen LogP contribution < -0.4 is 4.74 Å². The van der Waals surface area contributed by atoms with Gasteiger partial charge in [0.25, 0.3) is 5.91 Å². The second kappa shape index (κ2) is 8.39. The van der Waals surface area contributed by atoms with Crippen molar-refractivity contribution in [2.45, 2.75) is 38.9 Å². The molecule has 2 fully saturated rings. The topological polar surface area (TPSA) is 47.4 Å². The Morgan fingerprint density at radius 1 is 1.11 bits per heavy atom. The van der Waals surface area contributed by atoms with Crippen LogP contribution in [0.4, 0.5) is 17.6 Å². The highest BCUT2D eigenvalue weighted by Gasteiger charge is 2.55. The molecule has 1 aliphatic carbocycles. The number of aryl methyl sites for hydroxylation is 2. The molecule has 0 N–H and O–H groups in total. The number of hydrogen-bond acceptors (Lipinski definition) is 3. The largest absolute Gasteiger partial charge is 0.483 e. The van der Waals surface area contributed by atoms with Crippen LogP contribution in [0.2, 0.25) is 0 Å². The molecule has 1 saturated carbocycles. The number of aromatic nitrogens is 2. The van der Waals surface area contributed by atoms with Gasteiger partial charge in [0.05, 0.1) is 17.3 Å². The Bertz CT molecular complexity index is 1270. The molecule has 1 amide bonds. The minimum atomic E-state index is -4.59. The van der Waals surface area contributed by atoms with Crippen molar-refractivity contribution in [2.24, 2.45) is 5.41 Å². The van der Waals surface area contributed by atoms with E-state index in [1.807, 2.05) is 19.1 Å². The summed E-state index contributed by atoms with van der Waals surface area (Å²) in [4.78, 5) is 14.5. The van der Waals surface area contributed by atoms with Crippen molar-refractivity contribution in [1.29, 1.82) is 0 Å². The third-order valence-corrected chi connectivity index (χ3v) is 6.93. The lowest BCUT2D eigenvalue weighted by molar-refractivity contribution is -0.153. The van der Waals surface area contributed by atoms with Crippen LogP contribution in [0.15, 0.2) is 48.5 Å². The highest BCUT2D eigenvalue weighted by Crippen LogP contribution is 2.54. The van der Waals surface area contributed by atoms with Crippen molar-refractivity contribution in [3.8, 4) is 17.0 Å². The number of alkyl halides is 3. The van der Waals surface area contributed by atoms with Crippen LogP contribution >= 0.6 is 0 Å². The minimum absolute atomic E-state index is 0.0193. The maximum Gasteiger partial charge on any atom is 0.422 e. The van der Waals surface area contributed by atoms with Crippen molar-refractivity contribution < 1.29 is 27.1 Å². The average Bonchev–Trinajstić information content (AvgIpc) is 3.11. The molecule has 1 aromatic heterocycles. The van der Waals surface area contributed by atoms with E-state index in [9.17, 15) is 22.4 Å². The summed E-state index contributed by atoms with van der Waals surface area (Å²) in [5.41, 5.74) is 4.20. The standard InChI is InChI=1S/C26H25F4N3O2/c1-16-5-3-4-6-20(16)22-9-17(2)33(31-22)19-11-25(12-19)13-32(14-25)24(34)21-8-7-18(27)10-23(21)35-15-26(28,29)30/h3-10,19H,11-15H2,1-2H3. The van der Waals surface area contributed by atoms with Gasteiger partial charge in [0, 0.05) is 35.8 Å². The molecule has 2 heterocycles. The van der Waals surface area contributed by atoms with E-state index < -0.39 is 30.3 Å². The van der Waals surface area contributed by atoms with Crippen LogP contribution in [0.5, 0.6) is 5.75 Å². The van der Waals surface area contributed by atoms with Gasteiger partial charge in [-0.15, -0.1) is 0 Å². The molecule has 9 heteroatoms. The van der Waals surface area contributed by atoms with Gasteiger partial charge >= 0.3 is 6.18 Å². The number of nitrogens with zero attached hydrogens (tertiary/aromatic N) is 3. The predicted molar refractivity (Wildman–Crippen MR) is 122 cm³/mol. The molecule has 2 aromatic carbocycles. The summed E-state index contributed by atoms with van der Waals surface area (Å²) < 4.78 is 58.1. The first-order valence-corrected chi connectivity index (χ1v) is 11.4. The molecule has 0 radical (unpaired) electrons. The van der Waals surface area contributed by atoms with E-state index in [1.54, 1.807) is 4.90 Å². The lowest BCUT2D eigenvalue weighted by Crippen LogP contribution is -2.63. The molecule has 2 aliphatic rings. The molecule has 3 aromatic rings. The normalized spacial score (nSPS) is 17.3. The van der Waals surface area contributed by atoms with Crippen LogP contribution in [0, 0.1) is 25.1 Å². The fourth-order valence-corrected chi connectivity index (χ4v) is 5.25. The molecule has 1 saturated heterocycles. The quantitative estimate of drug-likeness (QED) is 0.432. The van der Waals surface area contributed by atoms with Gasteiger partial charge in [0.2, 0.25) is 0 Å². The molecular weight excluding hydrogens is 462 g/mol. The Hall–Kier alpha value is -3.36. The summed E-state index contributed by atoms with van der Waals surface area (Å²) in [6.45, 7) is 3.51. The van der Waals surface area contributed by atoms with Gasteiger partial charge in [-0.3, -0.25) is 9.48 Å². The number of hydrogen-bond donors (Lipinski definition) is 0. The van der Waals surface area contributed by atoms with Crippen molar-refractivity contribution in [1.82, 2.24) is 14.7 Å². The van der Waals surface area contributed by atoms with Crippen LogP contribution in [-0.4, -0.2) is 46.5 Å². The van der Waals surface area contributed by atoms with E-state index in [4.69, 9.17) is 9.84 Å². The highest BCUT2D eigenvalue weighted by molar-refractivity contribution is 5.97. The Morgan fingerprint density at radius 2 is 1.83 bits per heavy atom. The molecule has 0 bridgehead atoms. The molecular formula is C26H25F4N3O2. The number of rotatable bonds is 5. The number of carbonyl (C=O) groups is 1. The molecule has 184 valence electrons. The van der Waals surface area contributed by atoms with Gasteiger partial charge in [0.15, 0.2) is 6.61 Å². The predicted octanol–water partition coefficient (Wildman–Crippen LogP) is 5.72. The zero-order valence-electron chi connectivity index (χ0n) is 19.4. The summed E-state index contributed by atoms with van der Waals surface area (Å²) in [6, 6.07) is 13.5. The van der Waals surface area contributed by atoms with Gasteiger partial charge in [-0.05, 0) is 50.5 Å². The Labute approximate surface area is 200 Å². The summed E-state index contributed by atoms with van der Waals surface area (Å²) in [5.74, 6) is -1.61. The van der Waals surface area contributed by atoms with Crippen molar-refractivity contribution in [3.63, 3.8) is 0 Å². The summed E-state index contributed by atoms with van der Waals surface area (Å²) in [5, 5.41) is 4.84. The Morgan fingerprint density at radius 3 is 2.51 bits per heavy atom. The van der Waals surface area contributed by atoms with Gasteiger partial charge < -0.3 is 9.64 Å². The Kier molecular flexibility index (Phi) is 5.61. The van der Waals surface area contributed by atoms with Crippen molar-refractivity contribution >= 4 is 5.91 Å². The second-order valence-electron chi connectivity index (χ2n) is 9.70. The monoisotopic (exact) mass is 487 g/mol. The lowest BCUT2D eigenvalue weighted by atomic mass is 9.60. The molecule has 35 heavy (non-hydrogen) atoms. The molecule has 1 aliphatic heterocycles. The van der Waals surface area contributed by atoms with Crippen LogP contribution in [-0.2, 0) is 0 Å². The maximum atomic E-state index is 13.6. The zero-order chi connectivity index (χ0) is 25.0. The van der Waals surface area contributed by atoms with Gasteiger partial charge in [0.1, 0.15) is 11.6 Å². The van der Waals surface area contributed by atoms with Crippen molar-refractivity contribution in [2.75, 3.05) is 19.7 Å². The maximum absolute atomic E-state index is 13.6. The smallest absolute Gasteiger partial charge is 0.422 e. The molecule has 0 atom stereocenters. The first kappa shape index (κ1) is 23.4. The molecule has 1 spiro atoms. The van der Waals surface area contributed by atoms with Crippen LogP contribution in [0.1, 0.15) is 40.5 Å². The van der Waals surface area contributed by atoms with Gasteiger partial charge in [-0.2, -0.15) is 18.3 Å². The van der Waals surface area contributed by atoms with E-state index >= 15 is 0 Å². The lowest BCUT2D eigenvalue weighted by Gasteiger charge is -2.59. The van der Waals surface area contributed by atoms with E-state index in [1.165, 1.54) is 6.07 Å². The molecule has 5 rings (SSSR count). The minimum Gasteiger partial charge on any atom is -0.483 e. The first-order chi connectivity index (χ1) is 16.5. The fourth-order valence-electron chi connectivity index (χ4n) is 5.25. The summed E-state index contributed by atoms with van der Waals surface area (Å²) in [6.07, 6.45) is -2.85. The number of likely N-dealkylation sites (tertiary alicyclic amines) is 1. The Balaban J connectivity index is 1.23. The van der Waals surface area contributed by atoms with E-state index in [-0.39, 0.29) is 17.0 Å². The fraction of sp³-hybridized carbons (Fsp3) is 0.385. The number of benzene rings is 2. The van der Waals surface area contributed by atoms with Gasteiger partial charge in [-0.1, -0.05) is 24.3 Å². The number of ether oxygens (including phenoxy) is 1. The highest BCUT2D eigenvalue weighted by atomic mass is 19.4. The number of amides is 1. The summed E-state index contributed by atoms with van der Waals surface area (Å²) in [7, 11) is 0. The van der Waals surface area contributed by atoms with Crippen molar-refractivity contribution in [3.05, 3.63) is 71.2 Å². The van der Waals surface area contributed by atoms with E-state index in [0.29, 0.717) is 13.1 Å². The summed E-state index contributed by atoms with van der Waals surface area (Å²) >= 11 is 0. The van der Waals surface area contributed by atoms with Crippen LogP contribution in [0.3, 0.4) is 0 Å². The number of halogens is 4. The average molecular weight is 487 g/mol. The van der Waals surface area contributed by atoms with Gasteiger partial charge in [-0.25, -0.2) is 4.39 Å².